The van der Waals surface area contributed by atoms with Crippen LogP contribution in [0.3, 0.4) is 0 Å². The monoisotopic (exact) mass is 222 g/mol. The van der Waals surface area contributed by atoms with Gasteiger partial charge in [0.2, 0.25) is 0 Å². The highest BCUT2D eigenvalue weighted by molar-refractivity contribution is 5.74. The van der Waals surface area contributed by atoms with Gasteiger partial charge in [0, 0.05) is 25.2 Å². The Morgan fingerprint density at radius 1 is 1.00 bits per heavy atom. The third-order valence-corrected chi connectivity index (χ3v) is 2.81. The van der Waals surface area contributed by atoms with Crippen molar-refractivity contribution >= 4 is 11.4 Å². The summed E-state index contributed by atoms with van der Waals surface area (Å²) in [5.74, 6) is 2.11. The molecule has 4 nitrogen and oxygen atoms in total. The van der Waals surface area contributed by atoms with Gasteiger partial charge in [-0.15, -0.1) is 0 Å². The van der Waals surface area contributed by atoms with Crippen LogP contribution < -0.4 is 20.1 Å². The Kier molecular flexibility index (Phi) is 3.08. The molecular weight excluding hydrogens is 204 g/mol. The highest BCUT2D eigenvalue weighted by Gasteiger charge is 2.15. The van der Waals surface area contributed by atoms with Crippen molar-refractivity contribution in [3.8, 4) is 11.5 Å². The molecule has 0 saturated carbocycles. The fraction of sp³-hybridized carbons (Fsp3) is 0.500. The van der Waals surface area contributed by atoms with Gasteiger partial charge in [-0.25, -0.2) is 0 Å². The van der Waals surface area contributed by atoms with Crippen molar-refractivity contribution < 1.29 is 9.47 Å². The number of methoxy groups -OCH3 is 2. The normalized spacial score (nSPS) is 15.4. The van der Waals surface area contributed by atoms with E-state index in [0.717, 1.165) is 36.0 Å². The van der Waals surface area contributed by atoms with Crippen molar-refractivity contribution in [2.24, 2.45) is 5.92 Å². The molecule has 1 aliphatic rings. The average Bonchev–Trinajstić information content (AvgIpc) is 2.50. The molecule has 0 unspecified atom stereocenters. The summed E-state index contributed by atoms with van der Waals surface area (Å²) in [4.78, 5) is 0. The van der Waals surface area contributed by atoms with E-state index in [2.05, 4.69) is 17.6 Å². The largest absolute Gasteiger partial charge is 0.493 e. The molecule has 1 heterocycles. The molecule has 0 saturated heterocycles. The van der Waals surface area contributed by atoms with Crippen LogP contribution >= 0.6 is 0 Å². The first-order chi connectivity index (χ1) is 7.74. The lowest BCUT2D eigenvalue weighted by Crippen LogP contribution is -2.14. The molecule has 0 atom stereocenters. The molecule has 0 aromatic heterocycles. The lowest BCUT2D eigenvalue weighted by Gasteiger charge is -2.13. The Balaban J connectivity index is 2.37. The van der Waals surface area contributed by atoms with E-state index >= 15 is 0 Å². The fourth-order valence-corrected chi connectivity index (χ4v) is 1.81. The van der Waals surface area contributed by atoms with E-state index < -0.39 is 0 Å². The van der Waals surface area contributed by atoms with E-state index in [9.17, 15) is 0 Å². The minimum absolute atomic E-state index is 0.601. The van der Waals surface area contributed by atoms with E-state index in [0.29, 0.717) is 5.92 Å². The van der Waals surface area contributed by atoms with Gasteiger partial charge in [0.1, 0.15) is 0 Å². The summed E-state index contributed by atoms with van der Waals surface area (Å²) in [7, 11) is 3.30. The van der Waals surface area contributed by atoms with Crippen molar-refractivity contribution in [1.82, 2.24) is 0 Å². The molecular formula is C12H18N2O2. The molecule has 0 spiro atoms. The second-order valence-corrected chi connectivity index (χ2v) is 4.12. The van der Waals surface area contributed by atoms with Crippen molar-refractivity contribution in [1.29, 1.82) is 0 Å². The Hall–Kier alpha value is -1.58. The molecule has 0 bridgehead atoms. The summed E-state index contributed by atoms with van der Waals surface area (Å²) >= 11 is 0. The smallest absolute Gasteiger partial charge is 0.162 e. The molecule has 0 amide bonds. The maximum atomic E-state index is 5.28. The van der Waals surface area contributed by atoms with Gasteiger partial charge in [-0.3, -0.25) is 0 Å². The number of fused-ring (bicyclic) bond motifs is 1. The van der Waals surface area contributed by atoms with Crippen molar-refractivity contribution in [3.05, 3.63) is 12.1 Å². The topological polar surface area (TPSA) is 42.5 Å². The number of hydrogen-bond donors (Lipinski definition) is 2. The van der Waals surface area contributed by atoms with Crippen LogP contribution in [-0.2, 0) is 0 Å². The number of benzene rings is 1. The van der Waals surface area contributed by atoms with Gasteiger partial charge in [-0.1, -0.05) is 6.92 Å². The minimum atomic E-state index is 0.601. The first-order valence-electron chi connectivity index (χ1n) is 5.48. The summed E-state index contributed by atoms with van der Waals surface area (Å²) in [5.41, 5.74) is 2.14. The van der Waals surface area contributed by atoms with Crippen LogP contribution in [0.1, 0.15) is 6.92 Å². The fourth-order valence-electron chi connectivity index (χ4n) is 1.81. The van der Waals surface area contributed by atoms with Crippen molar-refractivity contribution in [3.63, 3.8) is 0 Å². The van der Waals surface area contributed by atoms with Gasteiger partial charge >= 0.3 is 0 Å². The van der Waals surface area contributed by atoms with E-state index in [4.69, 9.17) is 9.47 Å². The third kappa shape index (κ3) is 2.01. The van der Waals surface area contributed by atoms with Gasteiger partial charge in [0.25, 0.3) is 0 Å². The van der Waals surface area contributed by atoms with E-state index in [-0.39, 0.29) is 0 Å². The Morgan fingerprint density at radius 2 is 1.44 bits per heavy atom. The summed E-state index contributed by atoms with van der Waals surface area (Å²) < 4.78 is 10.6. The van der Waals surface area contributed by atoms with Crippen LogP contribution in [0.2, 0.25) is 0 Å². The summed E-state index contributed by atoms with van der Waals surface area (Å²) in [6.45, 7) is 4.14. The molecule has 88 valence electrons. The predicted octanol–water partition coefficient (Wildman–Crippen LogP) is 2.18. The zero-order chi connectivity index (χ0) is 11.5. The van der Waals surface area contributed by atoms with Gasteiger partial charge in [0.05, 0.1) is 25.6 Å². The minimum Gasteiger partial charge on any atom is -0.493 e. The molecule has 0 fully saturated rings. The van der Waals surface area contributed by atoms with E-state index in [1.807, 2.05) is 12.1 Å². The number of hydrogen-bond acceptors (Lipinski definition) is 4. The van der Waals surface area contributed by atoms with Crippen LogP contribution in [0.5, 0.6) is 11.5 Å². The van der Waals surface area contributed by atoms with Crippen molar-refractivity contribution in [2.45, 2.75) is 6.92 Å². The summed E-state index contributed by atoms with van der Waals surface area (Å²) in [6, 6.07) is 3.94. The van der Waals surface area contributed by atoms with Crippen LogP contribution in [-0.4, -0.2) is 27.3 Å². The summed E-state index contributed by atoms with van der Waals surface area (Å²) in [6.07, 6.45) is 0. The van der Waals surface area contributed by atoms with E-state index in [1.165, 1.54) is 0 Å². The molecule has 1 aromatic carbocycles. The second-order valence-electron chi connectivity index (χ2n) is 4.12. The Morgan fingerprint density at radius 3 is 1.81 bits per heavy atom. The van der Waals surface area contributed by atoms with Gasteiger partial charge in [-0.05, 0) is 5.92 Å². The molecule has 4 heteroatoms. The van der Waals surface area contributed by atoms with Crippen LogP contribution in [0, 0.1) is 5.92 Å². The summed E-state index contributed by atoms with van der Waals surface area (Å²) in [5, 5.41) is 6.81. The predicted molar refractivity (Wildman–Crippen MR) is 65.7 cm³/mol. The molecule has 2 N–H and O–H groups in total. The molecule has 16 heavy (non-hydrogen) atoms. The lowest BCUT2D eigenvalue weighted by molar-refractivity contribution is 0.355. The number of anilines is 2. The van der Waals surface area contributed by atoms with Crippen LogP contribution in [0.4, 0.5) is 11.4 Å². The van der Waals surface area contributed by atoms with Gasteiger partial charge in [-0.2, -0.15) is 0 Å². The second kappa shape index (κ2) is 4.51. The first kappa shape index (κ1) is 10.9. The quantitative estimate of drug-likeness (QED) is 0.805. The average molecular weight is 222 g/mol. The Bertz CT molecular complexity index is 345. The number of rotatable bonds is 2. The highest BCUT2D eigenvalue weighted by Crippen LogP contribution is 2.37. The third-order valence-electron chi connectivity index (χ3n) is 2.81. The molecule has 1 aliphatic heterocycles. The van der Waals surface area contributed by atoms with Crippen molar-refractivity contribution in [2.75, 3.05) is 37.9 Å². The maximum absolute atomic E-state index is 5.28. The zero-order valence-electron chi connectivity index (χ0n) is 9.96. The number of nitrogens with one attached hydrogen (secondary N) is 2. The molecule has 2 rings (SSSR count). The van der Waals surface area contributed by atoms with Gasteiger partial charge in [0.15, 0.2) is 11.5 Å². The molecule has 1 aromatic rings. The molecule has 0 radical (unpaired) electrons. The molecule has 0 aliphatic carbocycles. The Labute approximate surface area is 95.9 Å². The zero-order valence-corrected chi connectivity index (χ0v) is 9.96. The first-order valence-corrected chi connectivity index (χ1v) is 5.48. The van der Waals surface area contributed by atoms with Crippen LogP contribution in [0.15, 0.2) is 12.1 Å². The van der Waals surface area contributed by atoms with E-state index in [1.54, 1.807) is 14.2 Å². The SMILES string of the molecule is COc1cc2c(cc1OC)NCC(C)CN2. The number of ether oxygens (including phenoxy) is 2. The van der Waals surface area contributed by atoms with Gasteiger partial charge < -0.3 is 20.1 Å². The highest BCUT2D eigenvalue weighted by atomic mass is 16.5. The standard InChI is InChI=1S/C12H18N2O2/c1-8-6-13-9-4-11(15-2)12(16-3)5-10(9)14-7-8/h4-5,8,13-14H,6-7H2,1-3H3. The maximum Gasteiger partial charge on any atom is 0.162 e. The lowest BCUT2D eigenvalue weighted by atomic mass is 10.2. The van der Waals surface area contributed by atoms with Crippen LogP contribution in [0.25, 0.3) is 0 Å².